The molecule has 7 nitrogen and oxygen atoms in total. The molecule has 0 aromatic carbocycles. The molecule has 2 N–H and O–H groups in total. The molecule has 0 amide bonds. The fourth-order valence-corrected chi connectivity index (χ4v) is 5.60. The Morgan fingerprint density at radius 3 is 1.46 bits per heavy atom. The van der Waals surface area contributed by atoms with Crippen molar-refractivity contribution in [3.8, 4) is 0 Å². The van der Waals surface area contributed by atoms with Crippen LogP contribution in [0, 0.1) is 0 Å². The molecule has 1 aliphatic heterocycles. The molecule has 7 heteroatoms. The number of unbranched alkanes of at least 4 members (excludes halogenated alkanes) is 20. The van der Waals surface area contributed by atoms with Crippen molar-refractivity contribution in [2.45, 2.75) is 192 Å². The highest BCUT2D eigenvalue weighted by Gasteiger charge is 2.45. The third-order valence-corrected chi connectivity index (χ3v) is 8.23. The van der Waals surface area contributed by atoms with Crippen molar-refractivity contribution in [2.24, 2.45) is 0 Å². The first-order valence-electron chi connectivity index (χ1n) is 17.3. The maximum atomic E-state index is 12.5. The van der Waals surface area contributed by atoms with Crippen LogP contribution in [0.5, 0.6) is 0 Å². The van der Waals surface area contributed by atoms with Gasteiger partial charge in [0.05, 0.1) is 13.2 Å². The standard InChI is InChI=1S/C34H64O7/c1-3-5-7-9-11-13-15-17-19-21-23-25-31(37)40-30(27-35)34-33(29(36)28-39-34)41-32(38)26-24-22-20-18-16-14-12-10-8-6-4-2/h29-30,33-36H,3-28H2,1-2H3/t29-,30+,33+,34?/m0/s1. The van der Waals surface area contributed by atoms with Gasteiger partial charge in [0.2, 0.25) is 0 Å². The van der Waals surface area contributed by atoms with Gasteiger partial charge in [-0.3, -0.25) is 9.59 Å². The molecule has 0 saturated carbocycles. The van der Waals surface area contributed by atoms with Gasteiger partial charge in [-0.1, -0.05) is 142 Å². The smallest absolute Gasteiger partial charge is 0.306 e. The van der Waals surface area contributed by atoms with E-state index in [9.17, 15) is 19.8 Å². The molecule has 0 bridgehead atoms. The molecule has 1 fully saturated rings. The molecule has 4 atom stereocenters. The van der Waals surface area contributed by atoms with E-state index in [1.165, 1.54) is 103 Å². The molecule has 0 aliphatic carbocycles. The summed E-state index contributed by atoms with van der Waals surface area (Å²) in [5, 5.41) is 20.2. The first-order chi connectivity index (χ1) is 20.0. The van der Waals surface area contributed by atoms with Gasteiger partial charge in [0, 0.05) is 12.8 Å². The highest BCUT2D eigenvalue weighted by molar-refractivity contribution is 5.70. The second-order valence-corrected chi connectivity index (χ2v) is 12.1. The minimum atomic E-state index is -0.999. The van der Waals surface area contributed by atoms with Crippen LogP contribution < -0.4 is 0 Å². The number of ether oxygens (including phenoxy) is 3. The Hall–Kier alpha value is -1.18. The molecule has 0 radical (unpaired) electrons. The molecule has 0 aromatic rings. The number of hydrogen-bond acceptors (Lipinski definition) is 7. The summed E-state index contributed by atoms with van der Waals surface area (Å²) in [5.41, 5.74) is 0. The lowest BCUT2D eigenvalue weighted by Crippen LogP contribution is -2.45. The number of carbonyl (C=O) groups excluding carboxylic acids is 2. The van der Waals surface area contributed by atoms with Crippen LogP contribution in [0.1, 0.15) is 168 Å². The van der Waals surface area contributed by atoms with Gasteiger partial charge in [-0.2, -0.15) is 0 Å². The summed E-state index contributed by atoms with van der Waals surface area (Å²) in [6, 6.07) is 0. The zero-order valence-corrected chi connectivity index (χ0v) is 26.6. The SMILES string of the molecule is CCCCCCCCCCCCCC(=O)O[C@H](CO)C1OC[C@H](O)[C@H]1OC(=O)CCCCCCCCCCCCC. The fraction of sp³-hybridized carbons (Fsp3) is 0.941. The van der Waals surface area contributed by atoms with E-state index in [1.54, 1.807) is 0 Å². The number of esters is 2. The molecular formula is C34H64O7. The van der Waals surface area contributed by atoms with Crippen LogP contribution in [0.3, 0.4) is 0 Å². The molecule has 0 spiro atoms. The Morgan fingerprint density at radius 1 is 0.659 bits per heavy atom. The average molecular weight is 585 g/mol. The number of rotatable bonds is 28. The molecule has 1 saturated heterocycles. The molecule has 1 heterocycles. The Balaban J connectivity index is 2.18. The summed E-state index contributed by atoms with van der Waals surface area (Å²) < 4.78 is 16.6. The third-order valence-electron chi connectivity index (χ3n) is 8.23. The highest BCUT2D eigenvalue weighted by Crippen LogP contribution is 2.24. The second-order valence-electron chi connectivity index (χ2n) is 12.1. The number of hydrogen-bond donors (Lipinski definition) is 2. The van der Waals surface area contributed by atoms with E-state index >= 15 is 0 Å². The summed E-state index contributed by atoms with van der Waals surface area (Å²) in [6.07, 6.45) is 23.2. The topological polar surface area (TPSA) is 102 Å². The molecular weight excluding hydrogens is 520 g/mol. The maximum Gasteiger partial charge on any atom is 0.306 e. The summed E-state index contributed by atoms with van der Waals surface area (Å²) >= 11 is 0. The van der Waals surface area contributed by atoms with Crippen molar-refractivity contribution >= 4 is 11.9 Å². The minimum absolute atomic E-state index is 0.0201. The zero-order valence-electron chi connectivity index (χ0n) is 26.6. The third kappa shape index (κ3) is 19.6. The largest absolute Gasteiger partial charge is 0.457 e. The van der Waals surface area contributed by atoms with Gasteiger partial charge in [-0.25, -0.2) is 0 Å². The van der Waals surface area contributed by atoms with Gasteiger partial charge in [0.15, 0.2) is 12.2 Å². The Bertz CT molecular complexity index is 626. The van der Waals surface area contributed by atoms with Gasteiger partial charge in [0.25, 0.3) is 0 Å². The minimum Gasteiger partial charge on any atom is -0.457 e. The summed E-state index contributed by atoms with van der Waals surface area (Å²) in [6.45, 7) is 4.00. The van der Waals surface area contributed by atoms with Crippen LogP contribution in [0.4, 0.5) is 0 Å². The van der Waals surface area contributed by atoms with Crippen molar-refractivity contribution in [1.29, 1.82) is 0 Å². The van der Waals surface area contributed by atoms with E-state index in [0.717, 1.165) is 38.5 Å². The molecule has 41 heavy (non-hydrogen) atoms. The Labute approximate surface area is 251 Å². The number of aliphatic hydroxyl groups excluding tert-OH is 2. The fourth-order valence-electron chi connectivity index (χ4n) is 5.60. The van der Waals surface area contributed by atoms with Crippen LogP contribution in [0.25, 0.3) is 0 Å². The lowest BCUT2D eigenvalue weighted by Gasteiger charge is -2.27. The van der Waals surface area contributed by atoms with Crippen molar-refractivity contribution in [3.05, 3.63) is 0 Å². The summed E-state index contributed by atoms with van der Waals surface area (Å²) in [4.78, 5) is 24.9. The maximum absolute atomic E-state index is 12.5. The highest BCUT2D eigenvalue weighted by atomic mass is 16.6. The van der Waals surface area contributed by atoms with Gasteiger partial charge >= 0.3 is 11.9 Å². The predicted molar refractivity (Wildman–Crippen MR) is 165 cm³/mol. The van der Waals surface area contributed by atoms with E-state index in [1.807, 2.05) is 0 Å². The second kappa shape index (κ2) is 26.4. The summed E-state index contributed by atoms with van der Waals surface area (Å²) in [5.74, 6) is -0.777. The quantitative estimate of drug-likeness (QED) is 0.0710. The van der Waals surface area contributed by atoms with E-state index < -0.39 is 37.0 Å². The zero-order chi connectivity index (χ0) is 30.0. The van der Waals surface area contributed by atoms with Crippen molar-refractivity contribution < 1.29 is 34.0 Å². The molecule has 242 valence electrons. The van der Waals surface area contributed by atoms with E-state index in [0.29, 0.717) is 0 Å². The predicted octanol–water partition coefficient (Wildman–Crippen LogP) is 7.96. The van der Waals surface area contributed by atoms with Crippen LogP contribution in [-0.2, 0) is 23.8 Å². The molecule has 0 aromatic heterocycles. The van der Waals surface area contributed by atoms with Crippen molar-refractivity contribution in [3.63, 3.8) is 0 Å². The van der Waals surface area contributed by atoms with E-state index in [4.69, 9.17) is 14.2 Å². The van der Waals surface area contributed by atoms with Crippen molar-refractivity contribution in [2.75, 3.05) is 13.2 Å². The van der Waals surface area contributed by atoms with Crippen LogP contribution in [0.2, 0.25) is 0 Å². The van der Waals surface area contributed by atoms with Gasteiger partial charge in [0.1, 0.15) is 12.2 Å². The summed E-state index contributed by atoms with van der Waals surface area (Å²) in [7, 11) is 0. The first kappa shape index (κ1) is 37.8. The Morgan fingerprint density at radius 2 is 1.05 bits per heavy atom. The monoisotopic (exact) mass is 584 g/mol. The number of carbonyl (C=O) groups is 2. The first-order valence-corrected chi connectivity index (χ1v) is 17.3. The lowest BCUT2D eigenvalue weighted by molar-refractivity contribution is -0.171. The van der Waals surface area contributed by atoms with E-state index in [-0.39, 0.29) is 25.4 Å². The molecule has 1 rings (SSSR count). The Kier molecular flexibility index (Phi) is 24.4. The van der Waals surface area contributed by atoms with E-state index in [2.05, 4.69) is 13.8 Å². The van der Waals surface area contributed by atoms with Crippen molar-refractivity contribution in [1.82, 2.24) is 0 Å². The van der Waals surface area contributed by atoms with Gasteiger partial charge < -0.3 is 24.4 Å². The normalized spacial score (nSPS) is 19.4. The van der Waals surface area contributed by atoms with Gasteiger partial charge in [-0.15, -0.1) is 0 Å². The van der Waals surface area contributed by atoms with Crippen LogP contribution in [0.15, 0.2) is 0 Å². The lowest BCUT2D eigenvalue weighted by atomic mass is 10.0. The van der Waals surface area contributed by atoms with Gasteiger partial charge in [-0.05, 0) is 12.8 Å². The average Bonchev–Trinajstić information content (AvgIpc) is 3.32. The van der Waals surface area contributed by atoms with Crippen LogP contribution >= 0.6 is 0 Å². The molecule has 1 unspecified atom stereocenters. The van der Waals surface area contributed by atoms with Crippen LogP contribution in [-0.4, -0.2) is 59.8 Å². The number of aliphatic hydroxyl groups is 2. The molecule has 1 aliphatic rings.